The second kappa shape index (κ2) is 9.22. The van der Waals surface area contributed by atoms with Gasteiger partial charge in [0.15, 0.2) is 0 Å². The van der Waals surface area contributed by atoms with Gasteiger partial charge in [-0.3, -0.25) is 9.80 Å². The van der Waals surface area contributed by atoms with Crippen molar-refractivity contribution in [1.82, 2.24) is 29.8 Å². The van der Waals surface area contributed by atoms with E-state index in [-0.39, 0.29) is 18.4 Å². The van der Waals surface area contributed by atoms with E-state index in [9.17, 15) is 4.79 Å². The lowest BCUT2D eigenvalue weighted by atomic mass is 9.84. The average Bonchev–Trinajstić information content (AvgIpc) is 3.38. The Morgan fingerprint density at radius 1 is 1.47 bits per heavy atom. The minimum atomic E-state index is -0.135. The minimum absolute atomic E-state index is 0.135. The van der Waals surface area contributed by atoms with Gasteiger partial charge in [0.2, 0.25) is 5.91 Å². The maximum absolute atomic E-state index is 12.8. The Morgan fingerprint density at radius 3 is 2.97 bits per heavy atom. The summed E-state index contributed by atoms with van der Waals surface area (Å²) in [5.74, 6) is 1.05. The normalized spacial score (nSPS) is 19.1. The van der Waals surface area contributed by atoms with Gasteiger partial charge in [-0.15, -0.1) is 0 Å². The van der Waals surface area contributed by atoms with Crippen molar-refractivity contribution in [2.75, 3.05) is 7.05 Å². The molecule has 32 heavy (non-hydrogen) atoms. The highest BCUT2D eigenvalue weighted by Crippen LogP contribution is 2.37. The molecule has 3 aromatic rings. The molecule has 3 heterocycles. The Morgan fingerprint density at radius 2 is 2.25 bits per heavy atom. The lowest BCUT2D eigenvalue weighted by Gasteiger charge is -2.30. The molecule has 1 saturated carbocycles. The van der Waals surface area contributed by atoms with Gasteiger partial charge in [-0.25, -0.2) is 9.97 Å². The third kappa shape index (κ3) is 4.35. The van der Waals surface area contributed by atoms with E-state index in [4.69, 9.17) is 10.2 Å². The predicted octanol–water partition coefficient (Wildman–Crippen LogP) is 3.62. The van der Waals surface area contributed by atoms with E-state index in [0.717, 1.165) is 53.6 Å². The number of fused-ring (bicyclic) bond motifs is 3. The molecule has 2 N–H and O–H groups in total. The largest absolute Gasteiger partial charge is 0.346 e. The summed E-state index contributed by atoms with van der Waals surface area (Å²) in [5.41, 5.74) is 3.30. The van der Waals surface area contributed by atoms with Gasteiger partial charge in [0.25, 0.3) is 0 Å². The number of nitrogens with one attached hydrogen (secondary N) is 2. The highest BCUT2D eigenvalue weighted by Gasteiger charge is 2.27. The number of allylic oxidation sites excluding steroid dienone is 1. The van der Waals surface area contributed by atoms with Crippen LogP contribution in [0.3, 0.4) is 0 Å². The van der Waals surface area contributed by atoms with Crippen LogP contribution in [0.4, 0.5) is 0 Å². The van der Waals surface area contributed by atoms with Gasteiger partial charge in [-0.1, -0.05) is 0 Å². The maximum Gasteiger partial charge on any atom is 0.231 e. The van der Waals surface area contributed by atoms with Crippen molar-refractivity contribution in [3.63, 3.8) is 0 Å². The Bertz CT molecular complexity index is 1210. The van der Waals surface area contributed by atoms with Crippen molar-refractivity contribution < 1.29 is 4.79 Å². The summed E-state index contributed by atoms with van der Waals surface area (Å²) in [6.45, 7) is 5.28. The molecule has 0 saturated heterocycles. The van der Waals surface area contributed by atoms with Gasteiger partial charge >= 0.3 is 0 Å². The van der Waals surface area contributed by atoms with Gasteiger partial charge in [-0.2, -0.15) is 10.4 Å². The summed E-state index contributed by atoms with van der Waals surface area (Å²) >= 11 is 0. The standard InChI is InChI=1S/C23H28N8O/c1-15(14-30(3)25-2)28-21(32)12-20-29-19-13-27-23-18(9-11-26-23)22(19)31(20)17-6-4-16(5-7-17)8-10-24/h9,11,13-14,16-17H,2,4-8,12H2,1,3H3,(H,26,27)(H,28,32)/b15-14+/t16-,17-. The van der Waals surface area contributed by atoms with E-state index < -0.39 is 0 Å². The number of H-pyrrole nitrogens is 1. The second-order valence-corrected chi connectivity index (χ2v) is 8.42. The summed E-state index contributed by atoms with van der Waals surface area (Å²) in [6.07, 6.45) is 10.1. The van der Waals surface area contributed by atoms with Gasteiger partial charge in [0, 0.05) is 49.7 Å². The average molecular weight is 433 g/mol. The molecule has 0 bridgehead atoms. The number of pyridine rings is 1. The number of hydrazone groups is 1. The molecule has 1 aliphatic rings. The van der Waals surface area contributed by atoms with Gasteiger partial charge in [0.1, 0.15) is 17.0 Å². The van der Waals surface area contributed by atoms with Crippen molar-refractivity contribution in [2.45, 2.75) is 51.5 Å². The Kier molecular flexibility index (Phi) is 6.21. The third-order valence-electron chi connectivity index (χ3n) is 6.13. The van der Waals surface area contributed by atoms with Crippen LogP contribution in [0.5, 0.6) is 0 Å². The van der Waals surface area contributed by atoms with E-state index >= 15 is 0 Å². The zero-order valence-corrected chi connectivity index (χ0v) is 18.5. The van der Waals surface area contributed by atoms with Gasteiger partial charge in [-0.05, 0) is 44.6 Å². The fourth-order valence-corrected chi connectivity index (χ4v) is 4.66. The van der Waals surface area contributed by atoms with Crippen LogP contribution in [0.2, 0.25) is 0 Å². The van der Waals surface area contributed by atoms with Crippen molar-refractivity contribution in [3.8, 4) is 6.07 Å². The second-order valence-electron chi connectivity index (χ2n) is 8.42. The monoisotopic (exact) mass is 432 g/mol. The van der Waals surface area contributed by atoms with Gasteiger partial charge in [0.05, 0.1) is 24.2 Å². The molecule has 0 unspecified atom stereocenters. The molecule has 166 valence electrons. The van der Waals surface area contributed by atoms with Crippen molar-refractivity contribution >= 4 is 34.7 Å². The molecule has 0 radical (unpaired) electrons. The van der Waals surface area contributed by atoms with Crippen LogP contribution in [0.25, 0.3) is 22.1 Å². The number of hydrogen-bond acceptors (Lipinski definition) is 6. The SMILES string of the molecule is C=NN(C)/C=C(\C)NC(=O)Cc1nc2cnc3[nH]ccc3c2n1[C@H]1CC[C@H](CC#N)CC1. The van der Waals surface area contributed by atoms with Gasteiger partial charge < -0.3 is 14.9 Å². The first kappa shape index (κ1) is 21.6. The molecule has 9 heteroatoms. The first-order valence-electron chi connectivity index (χ1n) is 10.9. The van der Waals surface area contributed by atoms with Crippen molar-refractivity contribution in [2.24, 2.45) is 11.0 Å². The minimum Gasteiger partial charge on any atom is -0.346 e. The molecule has 1 fully saturated rings. The van der Waals surface area contributed by atoms with Crippen LogP contribution in [0.1, 0.15) is 50.9 Å². The number of amides is 1. The molecule has 0 aromatic carbocycles. The molecule has 1 amide bonds. The zero-order chi connectivity index (χ0) is 22.7. The van der Waals surface area contributed by atoms with E-state index in [1.54, 1.807) is 24.5 Å². The number of nitrogens with zero attached hydrogens (tertiary/aromatic N) is 6. The first-order chi connectivity index (χ1) is 15.5. The first-order valence-corrected chi connectivity index (χ1v) is 10.9. The Labute approximate surface area is 186 Å². The topological polar surface area (TPSA) is 115 Å². The van der Waals surface area contributed by atoms with E-state index in [1.807, 2.05) is 19.2 Å². The molecule has 1 aliphatic carbocycles. The lowest BCUT2D eigenvalue weighted by Crippen LogP contribution is -2.27. The molecule has 4 rings (SSSR count). The highest BCUT2D eigenvalue weighted by atomic mass is 16.1. The third-order valence-corrected chi connectivity index (χ3v) is 6.13. The number of hydrogen-bond donors (Lipinski definition) is 2. The molecule has 0 atom stereocenters. The van der Waals surface area contributed by atoms with Crippen molar-refractivity contribution in [1.29, 1.82) is 5.26 Å². The Balaban J connectivity index is 1.67. The number of aromatic amines is 1. The summed E-state index contributed by atoms with van der Waals surface area (Å²) in [7, 11) is 1.75. The highest BCUT2D eigenvalue weighted by molar-refractivity contribution is 6.01. The quantitative estimate of drug-likeness (QED) is 0.437. The van der Waals surface area contributed by atoms with Crippen LogP contribution in [0.15, 0.2) is 35.5 Å². The molecular weight excluding hydrogens is 404 g/mol. The smallest absolute Gasteiger partial charge is 0.231 e. The number of aromatic nitrogens is 4. The molecule has 3 aromatic heterocycles. The number of carbonyl (C=O) groups excluding carboxylic acids is 1. The van der Waals surface area contributed by atoms with E-state index in [0.29, 0.717) is 18.0 Å². The Hall–Kier alpha value is -3.67. The van der Waals surface area contributed by atoms with Crippen molar-refractivity contribution in [3.05, 3.63) is 36.2 Å². The van der Waals surface area contributed by atoms with Crippen LogP contribution in [-0.2, 0) is 11.2 Å². The molecule has 9 nitrogen and oxygen atoms in total. The number of nitriles is 1. The molecule has 0 spiro atoms. The fourth-order valence-electron chi connectivity index (χ4n) is 4.66. The number of carbonyl (C=O) groups is 1. The van der Waals surface area contributed by atoms with Crippen LogP contribution in [0, 0.1) is 17.2 Å². The van der Waals surface area contributed by atoms with E-state index in [2.05, 4.69) is 37.7 Å². The summed E-state index contributed by atoms with van der Waals surface area (Å²) in [4.78, 5) is 25.3. The zero-order valence-electron chi connectivity index (χ0n) is 18.5. The molecule has 0 aliphatic heterocycles. The van der Waals surface area contributed by atoms with Crippen LogP contribution < -0.4 is 5.32 Å². The lowest BCUT2D eigenvalue weighted by molar-refractivity contribution is -0.119. The summed E-state index contributed by atoms with van der Waals surface area (Å²) in [6, 6.07) is 4.56. The predicted molar refractivity (Wildman–Crippen MR) is 124 cm³/mol. The number of imidazole rings is 1. The van der Waals surface area contributed by atoms with E-state index in [1.165, 1.54) is 0 Å². The summed E-state index contributed by atoms with van der Waals surface area (Å²) < 4.78 is 2.24. The maximum atomic E-state index is 12.8. The van der Waals surface area contributed by atoms with Crippen LogP contribution >= 0.6 is 0 Å². The van der Waals surface area contributed by atoms with Crippen LogP contribution in [-0.4, -0.2) is 44.2 Å². The molecular formula is C23H28N8O. The summed E-state index contributed by atoms with van der Waals surface area (Å²) in [5, 5.41) is 18.3. The number of rotatable bonds is 7. The fraction of sp³-hybridized carbons (Fsp3) is 0.435.